The van der Waals surface area contributed by atoms with Gasteiger partial charge in [0.1, 0.15) is 5.01 Å². The normalized spacial score (nSPS) is 16.3. The zero-order valence-corrected chi connectivity index (χ0v) is 15.4. The second-order valence-electron chi connectivity index (χ2n) is 7.18. The summed E-state index contributed by atoms with van der Waals surface area (Å²) in [5.41, 5.74) is 0.973. The first-order chi connectivity index (χ1) is 13.2. The molecule has 2 fully saturated rings. The van der Waals surface area contributed by atoms with Crippen LogP contribution in [0.4, 0.5) is 10.8 Å². The number of nitrogens with zero attached hydrogens (tertiary/aromatic N) is 2. The molecule has 2 aromatic carbocycles. The molecule has 1 heterocycles. The number of anilines is 2. The molecular formula is C20H18N4O2S. The topological polar surface area (TPSA) is 84.0 Å². The van der Waals surface area contributed by atoms with Crippen LogP contribution in [-0.2, 0) is 4.79 Å². The molecule has 3 aromatic rings. The summed E-state index contributed by atoms with van der Waals surface area (Å²) in [4.78, 5) is 25.2. The molecule has 0 unspecified atom stereocenters. The van der Waals surface area contributed by atoms with E-state index < -0.39 is 0 Å². The number of amides is 2. The molecule has 0 aliphatic heterocycles. The molecule has 6 nitrogen and oxygen atoms in total. The largest absolute Gasteiger partial charge is 0.325 e. The summed E-state index contributed by atoms with van der Waals surface area (Å²) in [5.74, 6) is 0.260. The minimum atomic E-state index is -0.287. The highest BCUT2D eigenvalue weighted by atomic mass is 32.1. The Morgan fingerprint density at radius 3 is 2.41 bits per heavy atom. The van der Waals surface area contributed by atoms with Gasteiger partial charge in [-0.25, -0.2) is 0 Å². The van der Waals surface area contributed by atoms with Crippen LogP contribution in [-0.4, -0.2) is 22.0 Å². The monoisotopic (exact) mass is 378 g/mol. The maximum absolute atomic E-state index is 12.9. The van der Waals surface area contributed by atoms with E-state index in [1.54, 1.807) is 0 Å². The van der Waals surface area contributed by atoms with E-state index in [0.717, 1.165) is 41.5 Å². The van der Waals surface area contributed by atoms with E-state index in [4.69, 9.17) is 0 Å². The van der Waals surface area contributed by atoms with Gasteiger partial charge in [-0.3, -0.25) is 14.9 Å². The second kappa shape index (κ2) is 6.42. The van der Waals surface area contributed by atoms with Gasteiger partial charge in [-0.2, -0.15) is 0 Å². The highest BCUT2D eigenvalue weighted by Crippen LogP contribution is 2.42. The Bertz CT molecular complexity index is 1050. The summed E-state index contributed by atoms with van der Waals surface area (Å²) in [5, 5.41) is 17.4. The lowest BCUT2D eigenvalue weighted by Crippen LogP contribution is -2.19. The number of hydrogen-bond acceptors (Lipinski definition) is 5. The molecule has 0 saturated heterocycles. The van der Waals surface area contributed by atoms with Crippen molar-refractivity contribution in [3.8, 4) is 0 Å². The zero-order chi connectivity index (χ0) is 18.4. The number of rotatable bonds is 5. The SMILES string of the molecule is O=C(Nc1nnc(C2CC2)s1)c1cc2ccccc2cc1NC(=O)C1CC1. The van der Waals surface area contributed by atoms with Crippen molar-refractivity contribution >= 4 is 44.7 Å². The van der Waals surface area contributed by atoms with Crippen LogP contribution in [0.2, 0.25) is 0 Å². The van der Waals surface area contributed by atoms with Gasteiger partial charge >= 0.3 is 0 Å². The van der Waals surface area contributed by atoms with Gasteiger partial charge in [0.25, 0.3) is 5.91 Å². The van der Waals surface area contributed by atoms with Crippen molar-refractivity contribution in [3.63, 3.8) is 0 Å². The Balaban J connectivity index is 1.46. The number of hydrogen-bond donors (Lipinski definition) is 2. The smallest absolute Gasteiger partial charge is 0.259 e. The van der Waals surface area contributed by atoms with Gasteiger partial charge in [0.2, 0.25) is 11.0 Å². The molecule has 1 aromatic heterocycles. The molecule has 2 aliphatic carbocycles. The highest BCUT2D eigenvalue weighted by molar-refractivity contribution is 7.15. The minimum Gasteiger partial charge on any atom is -0.325 e. The first-order valence-corrected chi connectivity index (χ1v) is 9.97. The van der Waals surface area contributed by atoms with Gasteiger partial charge in [0.05, 0.1) is 11.3 Å². The van der Waals surface area contributed by atoms with Crippen molar-refractivity contribution in [1.29, 1.82) is 0 Å². The predicted molar refractivity (Wildman–Crippen MR) is 105 cm³/mol. The summed E-state index contributed by atoms with van der Waals surface area (Å²) in [7, 11) is 0. The summed E-state index contributed by atoms with van der Waals surface area (Å²) in [6.07, 6.45) is 4.11. The van der Waals surface area contributed by atoms with Gasteiger partial charge in [0.15, 0.2) is 0 Å². The van der Waals surface area contributed by atoms with E-state index in [9.17, 15) is 9.59 Å². The van der Waals surface area contributed by atoms with E-state index in [0.29, 0.717) is 22.3 Å². The predicted octanol–water partition coefficient (Wildman–Crippen LogP) is 4.17. The Morgan fingerprint density at radius 1 is 0.963 bits per heavy atom. The Morgan fingerprint density at radius 2 is 1.70 bits per heavy atom. The van der Waals surface area contributed by atoms with E-state index >= 15 is 0 Å². The van der Waals surface area contributed by atoms with Gasteiger partial charge in [0, 0.05) is 11.8 Å². The first kappa shape index (κ1) is 16.4. The van der Waals surface area contributed by atoms with Crippen LogP contribution in [0.15, 0.2) is 36.4 Å². The van der Waals surface area contributed by atoms with Crippen molar-refractivity contribution in [3.05, 3.63) is 47.0 Å². The number of nitrogens with one attached hydrogen (secondary N) is 2. The highest BCUT2D eigenvalue weighted by Gasteiger charge is 2.31. The molecule has 0 radical (unpaired) electrons. The van der Waals surface area contributed by atoms with Crippen LogP contribution in [0.25, 0.3) is 10.8 Å². The Hall–Kier alpha value is -2.80. The number of fused-ring (bicyclic) bond motifs is 1. The lowest BCUT2D eigenvalue weighted by Gasteiger charge is -2.12. The standard InChI is InChI=1S/C20H18N4O2S/c25-17(11-5-6-11)21-16-10-14-4-2-1-3-13(14)9-15(16)18(26)22-20-24-23-19(27-20)12-7-8-12/h1-4,9-12H,5-8H2,(H,21,25)(H,22,24,26). The molecule has 0 spiro atoms. The zero-order valence-electron chi connectivity index (χ0n) is 14.6. The molecule has 136 valence electrons. The van der Waals surface area contributed by atoms with Crippen molar-refractivity contribution in [1.82, 2.24) is 10.2 Å². The maximum atomic E-state index is 12.9. The molecule has 0 bridgehead atoms. The van der Waals surface area contributed by atoms with Crippen molar-refractivity contribution in [2.75, 3.05) is 10.6 Å². The molecule has 7 heteroatoms. The van der Waals surface area contributed by atoms with E-state index in [-0.39, 0.29) is 17.7 Å². The number of benzene rings is 2. The average Bonchev–Trinajstić information content (AvgIpc) is 3.59. The van der Waals surface area contributed by atoms with E-state index in [1.807, 2.05) is 36.4 Å². The fourth-order valence-corrected chi connectivity index (χ4v) is 3.96. The molecule has 2 aliphatic rings. The van der Waals surface area contributed by atoms with Crippen LogP contribution in [0.5, 0.6) is 0 Å². The number of carbonyl (C=O) groups is 2. The third kappa shape index (κ3) is 3.42. The van der Waals surface area contributed by atoms with Gasteiger partial charge in [-0.1, -0.05) is 35.6 Å². The molecule has 5 rings (SSSR count). The van der Waals surface area contributed by atoms with Crippen molar-refractivity contribution in [2.24, 2.45) is 5.92 Å². The van der Waals surface area contributed by atoms with Crippen LogP contribution in [0.3, 0.4) is 0 Å². The van der Waals surface area contributed by atoms with Crippen LogP contribution >= 0.6 is 11.3 Å². The second-order valence-corrected chi connectivity index (χ2v) is 8.19. The third-order valence-electron chi connectivity index (χ3n) is 4.92. The lowest BCUT2D eigenvalue weighted by atomic mass is 10.0. The van der Waals surface area contributed by atoms with E-state index in [1.165, 1.54) is 11.3 Å². The molecule has 2 amide bonds. The van der Waals surface area contributed by atoms with Gasteiger partial charge in [-0.05, 0) is 48.6 Å². The summed E-state index contributed by atoms with van der Waals surface area (Å²) >= 11 is 1.42. The molecule has 2 saturated carbocycles. The summed E-state index contributed by atoms with van der Waals surface area (Å²) in [6, 6.07) is 11.5. The Kier molecular flexibility index (Phi) is 3.89. The molecule has 2 N–H and O–H groups in total. The van der Waals surface area contributed by atoms with Crippen molar-refractivity contribution in [2.45, 2.75) is 31.6 Å². The third-order valence-corrected chi connectivity index (χ3v) is 5.93. The molecule has 0 atom stereocenters. The fourth-order valence-electron chi connectivity index (χ4n) is 3.06. The molecular weight excluding hydrogens is 360 g/mol. The Labute approximate surface area is 160 Å². The minimum absolute atomic E-state index is 0.0220. The van der Waals surface area contributed by atoms with Crippen LogP contribution in [0, 0.1) is 5.92 Å². The summed E-state index contributed by atoms with van der Waals surface area (Å²) in [6.45, 7) is 0. The van der Waals surface area contributed by atoms with Gasteiger partial charge in [-0.15, -0.1) is 10.2 Å². The van der Waals surface area contributed by atoms with Crippen LogP contribution < -0.4 is 10.6 Å². The first-order valence-electron chi connectivity index (χ1n) is 9.16. The molecule has 27 heavy (non-hydrogen) atoms. The van der Waals surface area contributed by atoms with E-state index in [2.05, 4.69) is 20.8 Å². The lowest BCUT2D eigenvalue weighted by molar-refractivity contribution is -0.117. The maximum Gasteiger partial charge on any atom is 0.259 e. The quantitative estimate of drug-likeness (QED) is 0.698. The number of carbonyl (C=O) groups excluding carboxylic acids is 2. The number of aromatic nitrogens is 2. The average molecular weight is 378 g/mol. The van der Waals surface area contributed by atoms with Crippen molar-refractivity contribution < 1.29 is 9.59 Å². The van der Waals surface area contributed by atoms with Crippen LogP contribution in [0.1, 0.15) is 47.0 Å². The summed E-state index contributed by atoms with van der Waals surface area (Å²) < 4.78 is 0. The van der Waals surface area contributed by atoms with Gasteiger partial charge < -0.3 is 5.32 Å². The fraction of sp³-hybridized carbons (Fsp3) is 0.300.